The minimum absolute atomic E-state index is 0.0240. The van der Waals surface area contributed by atoms with Crippen molar-refractivity contribution in [3.8, 4) is 11.3 Å². The Bertz CT molecular complexity index is 1010. The summed E-state index contributed by atoms with van der Waals surface area (Å²) in [4.78, 5) is 17.8. The summed E-state index contributed by atoms with van der Waals surface area (Å²) in [6, 6.07) is 9.67. The molecule has 1 aliphatic carbocycles. The second kappa shape index (κ2) is 9.43. The molecule has 2 aromatic rings. The first-order chi connectivity index (χ1) is 15.2. The maximum atomic E-state index is 13.4. The van der Waals surface area contributed by atoms with E-state index in [2.05, 4.69) is 21.2 Å². The highest BCUT2D eigenvalue weighted by Gasteiger charge is 2.45. The van der Waals surface area contributed by atoms with Crippen LogP contribution in [0.2, 0.25) is 0 Å². The summed E-state index contributed by atoms with van der Waals surface area (Å²) in [5, 5.41) is 12.9. The lowest BCUT2D eigenvalue weighted by Crippen LogP contribution is -2.42. The van der Waals surface area contributed by atoms with Gasteiger partial charge in [-0.3, -0.25) is 4.79 Å². The van der Waals surface area contributed by atoms with Crippen molar-refractivity contribution in [3.05, 3.63) is 51.6 Å². The highest BCUT2D eigenvalue weighted by atomic mass is 79.9. The molecular formula is C24H30BrN3O3S. The van der Waals surface area contributed by atoms with E-state index in [1.54, 1.807) is 0 Å². The molecule has 2 atom stereocenters. The smallest absolute Gasteiger partial charge is 0.270 e. The van der Waals surface area contributed by atoms with Crippen LogP contribution in [0.4, 0.5) is 0 Å². The number of nitrogens with zero attached hydrogens (tertiary/aromatic N) is 2. The van der Waals surface area contributed by atoms with Gasteiger partial charge in [0.25, 0.3) is 5.91 Å². The highest BCUT2D eigenvalue weighted by molar-refractivity contribution is 9.10. The summed E-state index contributed by atoms with van der Waals surface area (Å²) in [6.07, 6.45) is 3.60. The predicted molar refractivity (Wildman–Crippen MR) is 130 cm³/mol. The summed E-state index contributed by atoms with van der Waals surface area (Å²) >= 11 is 2.26. The average Bonchev–Trinajstić information content (AvgIpc) is 3.07. The third-order valence-electron chi connectivity index (χ3n) is 6.06. The second-order valence-electron chi connectivity index (χ2n) is 9.51. The molecule has 1 saturated carbocycles. The van der Waals surface area contributed by atoms with Crippen molar-refractivity contribution in [2.75, 3.05) is 6.61 Å². The van der Waals surface area contributed by atoms with Crippen molar-refractivity contribution >= 4 is 33.2 Å². The van der Waals surface area contributed by atoms with E-state index in [4.69, 9.17) is 4.98 Å². The van der Waals surface area contributed by atoms with E-state index in [-0.39, 0.29) is 24.6 Å². The van der Waals surface area contributed by atoms with Crippen LogP contribution in [0.5, 0.6) is 0 Å². The van der Waals surface area contributed by atoms with Gasteiger partial charge in [-0.2, -0.15) is 0 Å². The van der Waals surface area contributed by atoms with Crippen LogP contribution in [0, 0.1) is 0 Å². The molecule has 0 spiro atoms. The van der Waals surface area contributed by atoms with Gasteiger partial charge in [0.1, 0.15) is 10.4 Å². The van der Waals surface area contributed by atoms with Gasteiger partial charge in [-0.05, 0) is 70.2 Å². The SMILES string of the molecule is CC(C)(C)[S+]([O-])N1Cc2cc(C(=O)NC3CCC3)nc(-c3cccc(Br)c3)c2[C@H]1CCO. The molecule has 4 rings (SSSR count). The normalized spacial score (nSPS) is 20.0. The maximum absolute atomic E-state index is 13.4. The highest BCUT2D eigenvalue weighted by Crippen LogP contribution is 2.45. The third-order valence-corrected chi connectivity index (χ3v) is 8.41. The van der Waals surface area contributed by atoms with E-state index < -0.39 is 16.1 Å². The summed E-state index contributed by atoms with van der Waals surface area (Å²) in [5.41, 5.74) is 3.89. The van der Waals surface area contributed by atoms with Crippen LogP contribution in [-0.4, -0.2) is 42.3 Å². The number of carbonyl (C=O) groups is 1. The van der Waals surface area contributed by atoms with Crippen LogP contribution in [-0.2, 0) is 17.9 Å². The Kier molecular flexibility index (Phi) is 6.98. The van der Waals surface area contributed by atoms with Gasteiger partial charge < -0.3 is 15.0 Å². The zero-order valence-electron chi connectivity index (χ0n) is 18.7. The number of amides is 1. The first kappa shape index (κ1) is 23.7. The van der Waals surface area contributed by atoms with Gasteiger partial charge in [0, 0.05) is 39.6 Å². The van der Waals surface area contributed by atoms with Crippen LogP contribution in [0.15, 0.2) is 34.8 Å². The molecule has 32 heavy (non-hydrogen) atoms. The molecule has 1 aliphatic heterocycles. The number of rotatable bonds is 6. The fourth-order valence-corrected chi connectivity index (χ4v) is 6.05. The first-order valence-corrected chi connectivity index (χ1v) is 13.0. The van der Waals surface area contributed by atoms with Gasteiger partial charge in [0.15, 0.2) is 0 Å². The quantitative estimate of drug-likeness (QED) is 0.548. The summed E-state index contributed by atoms with van der Waals surface area (Å²) in [6.45, 7) is 6.29. The number of hydrogen-bond acceptors (Lipinski definition) is 5. The lowest BCUT2D eigenvalue weighted by Gasteiger charge is -2.33. The van der Waals surface area contributed by atoms with Crippen molar-refractivity contribution in [2.45, 2.75) is 69.8 Å². The second-order valence-corrected chi connectivity index (χ2v) is 12.6. The molecule has 1 aromatic heterocycles. The fraction of sp³-hybridized carbons (Fsp3) is 0.500. The molecule has 2 N–H and O–H groups in total. The minimum atomic E-state index is -1.27. The van der Waals surface area contributed by atoms with E-state index in [1.807, 2.05) is 55.4 Å². The molecule has 2 aliphatic rings. The Morgan fingerprint density at radius 3 is 2.69 bits per heavy atom. The van der Waals surface area contributed by atoms with Gasteiger partial charge in [0.2, 0.25) is 0 Å². The largest absolute Gasteiger partial charge is 0.597 e. The lowest BCUT2D eigenvalue weighted by atomic mass is 9.93. The van der Waals surface area contributed by atoms with Crippen LogP contribution >= 0.6 is 15.9 Å². The molecule has 1 aromatic carbocycles. The zero-order chi connectivity index (χ0) is 23.0. The Labute approximate surface area is 201 Å². The molecular weight excluding hydrogens is 490 g/mol. The first-order valence-electron chi connectivity index (χ1n) is 11.1. The predicted octanol–water partition coefficient (Wildman–Crippen LogP) is 4.49. The molecule has 0 radical (unpaired) electrons. The molecule has 1 unspecified atom stereocenters. The van der Waals surface area contributed by atoms with Crippen molar-refractivity contribution < 1.29 is 14.5 Å². The molecule has 8 heteroatoms. The van der Waals surface area contributed by atoms with Crippen molar-refractivity contribution in [1.29, 1.82) is 0 Å². The van der Waals surface area contributed by atoms with Crippen LogP contribution in [0.3, 0.4) is 0 Å². The van der Waals surface area contributed by atoms with E-state index in [0.29, 0.717) is 18.7 Å². The van der Waals surface area contributed by atoms with Gasteiger partial charge in [-0.25, -0.2) is 4.98 Å². The number of carbonyl (C=O) groups excluding carboxylic acids is 1. The molecule has 0 bridgehead atoms. The van der Waals surface area contributed by atoms with E-state index in [0.717, 1.165) is 46.1 Å². The number of aliphatic hydroxyl groups excluding tert-OH is 1. The van der Waals surface area contributed by atoms with E-state index in [1.165, 1.54) is 0 Å². The number of hydrogen-bond donors (Lipinski definition) is 2. The van der Waals surface area contributed by atoms with Crippen LogP contribution < -0.4 is 5.32 Å². The van der Waals surface area contributed by atoms with E-state index in [9.17, 15) is 14.5 Å². The number of aliphatic hydroxyl groups is 1. The summed E-state index contributed by atoms with van der Waals surface area (Å²) in [5.74, 6) is -0.164. The average molecular weight is 520 g/mol. The number of nitrogens with one attached hydrogen (secondary N) is 1. The Hall–Kier alpha value is -1.45. The molecule has 1 amide bonds. The molecule has 2 heterocycles. The topological polar surface area (TPSA) is 88.5 Å². The summed E-state index contributed by atoms with van der Waals surface area (Å²) in [7, 11) is 0. The summed E-state index contributed by atoms with van der Waals surface area (Å²) < 4.78 is 15.8. The standard InChI is InChI=1S/C24H30BrN3O3S/c1-24(2,3)32(31)28-14-16-13-19(23(30)26-18-8-5-9-18)27-22(21(16)20(28)10-11-29)15-6-4-7-17(25)12-15/h4,6-7,12-13,18,20,29H,5,8-11,14H2,1-3H3,(H,26,30)/t20-,32?/m1/s1. The van der Waals surface area contributed by atoms with Crippen molar-refractivity contribution in [3.63, 3.8) is 0 Å². The van der Waals surface area contributed by atoms with Gasteiger partial charge in [0.05, 0.1) is 18.3 Å². The molecule has 0 saturated heterocycles. The maximum Gasteiger partial charge on any atom is 0.270 e. The fourth-order valence-electron chi connectivity index (χ4n) is 4.25. The minimum Gasteiger partial charge on any atom is -0.597 e. The third kappa shape index (κ3) is 4.75. The van der Waals surface area contributed by atoms with Gasteiger partial charge >= 0.3 is 0 Å². The zero-order valence-corrected chi connectivity index (χ0v) is 21.1. The molecule has 6 nitrogen and oxygen atoms in total. The van der Waals surface area contributed by atoms with Gasteiger partial charge in [-0.15, -0.1) is 4.31 Å². The Morgan fingerprint density at radius 1 is 1.34 bits per heavy atom. The number of pyridine rings is 1. The van der Waals surface area contributed by atoms with Crippen molar-refractivity contribution in [1.82, 2.24) is 14.6 Å². The van der Waals surface area contributed by atoms with Crippen LogP contribution in [0.1, 0.15) is 74.1 Å². The Morgan fingerprint density at radius 2 is 2.09 bits per heavy atom. The number of halogens is 1. The number of benzene rings is 1. The number of aromatic nitrogens is 1. The van der Waals surface area contributed by atoms with Crippen LogP contribution in [0.25, 0.3) is 11.3 Å². The van der Waals surface area contributed by atoms with E-state index >= 15 is 0 Å². The monoisotopic (exact) mass is 519 g/mol. The van der Waals surface area contributed by atoms with Gasteiger partial charge in [-0.1, -0.05) is 28.1 Å². The molecule has 1 fully saturated rings. The molecule has 172 valence electrons. The number of fused-ring (bicyclic) bond motifs is 1. The Balaban J connectivity index is 1.82. The lowest BCUT2D eigenvalue weighted by molar-refractivity contribution is 0.0912. The van der Waals surface area contributed by atoms with Crippen molar-refractivity contribution in [2.24, 2.45) is 0 Å².